The molecule has 1 fully saturated rings. The van der Waals surface area contributed by atoms with Crippen LogP contribution in [0.2, 0.25) is 0 Å². The maximum atomic E-state index is 10.7. The van der Waals surface area contributed by atoms with E-state index in [1.807, 2.05) is 0 Å². The van der Waals surface area contributed by atoms with Crippen LogP contribution in [0.3, 0.4) is 0 Å². The van der Waals surface area contributed by atoms with Gasteiger partial charge in [0.15, 0.2) is 0 Å². The Morgan fingerprint density at radius 2 is 1.75 bits per heavy atom. The minimum Gasteiger partial charge on any atom is -0.300 e. The van der Waals surface area contributed by atoms with E-state index in [0.717, 1.165) is 12.8 Å². The standard InChI is InChI=1S/C7H8O/c8-7-3-5-1-2-6(5)4-7/h1-2,5-6H,3-4H2. The third kappa shape index (κ3) is 0.391. The highest BCUT2D eigenvalue weighted by molar-refractivity contribution is 5.82. The van der Waals surface area contributed by atoms with Crippen LogP contribution in [0, 0.1) is 11.8 Å². The second kappa shape index (κ2) is 1.22. The first kappa shape index (κ1) is 4.30. The molecule has 0 aromatic rings. The van der Waals surface area contributed by atoms with E-state index in [1.165, 1.54) is 0 Å². The maximum Gasteiger partial charge on any atom is 0.134 e. The van der Waals surface area contributed by atoms with E-state index in [1.54, 1.807) is 0 Å². The zero-order chi connectivity index (χ0) is 5.56. The molecule has 0 radical (unpaired) electrons. The first-order valence-electron chi connectivity index (χ1n) is 3.06. The predicted molar refractivity (Wildman–Crippen MR) is 30.4 cm³/mol. The summed E-state index contributed by atoms with van der Waals surface area (Å²) in [5, 5.41) is 0. The van der Waals surface area contributed by atoms with Crippen LogP contribution in [0.25, 0.3) is 0 Å². The molecule has 0 aromatic carbocycles. The molecule has 2 atom stereocenters. The van der Waals surface area contributed by atoms with Gasteiger partial charge in [-0.25, -0.2) is 0 Å². The van der Waals surface area contributed by atoms with Crippen molar-refractivity contribution in [3.8, 4) is 0 Å². The summed E-state index contributed by atoms with van der Waals surface area (Å²) >= 11 is 0. The predicted octanol–water partition coefficient (Wildman–Crippen LogP) is 1.15. The van der Waals surface area contributed by atoms with Crippen LogP contribution >= 0.6 is 0 Å². The van der Waals surface area contributed by atoms with Crippen LogP contribution in [0.5, 0.6) is 0 Å². The smallest absolute Gasteiger partial charge is 0.134 e. The molecule has 0 aromatic heterocycles. The summed E-state index contributed by atoms with van der Waals surface area (Å²) in [6.45, 7) is 0. The van der Waals surface area contributed by atoms with Crippen molar-refractivity contribution < 1.29 is 4.79 Å². The Balaban J connectivity index is 2.20. The van der Waals surface area contributed by atoms with Gasteiger partial charge in [-0.1, -0.05) is 12.2 Å². The molecule has 2 aliphatic rings. The molecule has 42 valence electrons. The number of ketones is 1. The normalized spacial score (nSPS) is 41.8. The Morgan fingerprint density at radius 3 is 2.00 bits per heavy atom. The Bertz CT molecular complexity index is 142. The molecular formula is C7H8O. The number of hydrogen-bond donors (Lipinski definition) is 0. The number of fused-ring (bicyclic) bond motifs is 1. The lowest BCUT2D eigenvalue weighted by molar-refractivity contribution is -0.117. The summed E-state index contributed by atoms with van der Waals surface area (Å²) in [7, 11) is 0. The van der Waals surface area contributed by atoms with Crippen molar-refractivity contribution in [3.05, 3.63) is 12.2 Å². The zero-order valence-corrected chi connectivity index (χ0v) is 4.63. The van der Waals surface area contributed by atoms with Crippen LogP contribution < -0.4 is 0 Å². The fraction of sp³-hybridized carbons (Fsp3) is 0.571. The van der Waals surface area contributed by atoms with Gasteiger partial charge in [0.1, 0.15) is 5.78 Å². The SMILES string of the molecule is O=C1CC2C=CC2C1. The summed E-state index contributed by atoms with van der Waals surface area (Å²) in [4.78, 5) is 10.7. The average Bonchev–Trinajstić information content (AvgIpc) is 1.91. The highest BCUT2D eigenvalue weighted by atomic mass is 16.1. The lowest BCUT2D eigenvalue weighted by Gasteiger charge is -2.18. The Labute approximate surface area is 48.4 Å². The van der Waals surface area contributed by atoms with E-state index in [-0.39, 0.29) is 0 Å². The molecule has 2 aliphatic carbocycles. The van der Waals surface area contributed by atoms with Crippen molar-refractivity contribution in [1.82, 2.24) is 0 Å². The first-order chi connectivity index (χ1) is 3.86. The van der Waals surface area contributed by atoms with Crippen molar-refractivity contribution in [1.29, 1.82) is 0 Å². The maximum absolute atomic E-state index is 10.7. The third-order valence-corrected chi connectivity index (χ3v) is 2.08. The monoisotopic (exact) mass is 108 g/mol. The molecular weight excluding hydrogens is 100 g/mol. The van der Waals surface area contributed by atoms with Crippen molar-refractivity contribution in [2.75, 3.05) is 0 Å². The second-order valence-electron chi connectivity index (χ2n) is 2.66. The van der Waals surface area contributed by atoms with Gasteiger partial charge < -0.3 is 0 Å². The number of allylic oxidation sites excluding steroid dienone is 2. The summed E-state index contributed by atoms with van der Waals surface area (Å²) in [6.07, 6.45) is 5.94. The minimum absolute atomic E-state index is 0.449. The van der Waals surface area contributed by atoms with Gasteiger partial charge >= 0.3 is 0 Å². The summed E-state index contributed by atoms with van der Waals surface area (Å²) < 4.78 is 0. The molecule has 8 heavy (non-hydrogen) atoms. The summed E-state index contributed by atoms with van der Waals surface area (Å²) in [5.74, 6) is 1.73. The first-order valence-corrected chi connectivity index (χ1v) is 3.06. The largest absolute Gasteiger partial charge is 0.300 e. The number of Topliss-reactive ketones (excluding diaryl/α,β-unsaturated/α-hetero) is 1. The van der Waals surface area contributed by atoms with Crippen molar-refractivity contribution in [2.45, 2.75) is 12.8 Å². The van der Waals surface area contributed by atoms with Gasteiger partial charge in [-0.2, -0.15) is 0 Å². The van der Waals surface area contributed by atoms with Gasteiger partial charge in [0, 0.05) is 12.8 Å². The highest BCUT2D eigenvalue weighted by Crippen LogP contribution is 2.37. The third-order valence-electron chi connectivity index (χ3n) is 2.08. The quantitative estimate of drug-likeness (QED) is 0.425. The molecule has 0 N–H and O–H groups in total. The summed E-state index contributed by atoms with van der Waals surface area (Å²) in [5.41, 5.74) is 0. The lowest BCUT2D eigenvalue weighted by atomic mass is 9.86. The molecule has 0 amide bonds. The van der Waals surface area contributed by atoms with Crippen LogP contribution in [0.4, 0.5) is 0 Å². The van der Waals surface area contributed by atoms with Gasteiger partial charge in [-0.3, -0.25) is 4.79 Å². The Hall–Kier alpha value is -0.590. The van der Waals surface area contributed by atoms with Crippen LogP contribution in [-0.4, -0.2) is 5.78 Å². The van der Waals surface area contributed by atoms with Crippen LogP contribution in [0.1, 0.15) is 12.8 Å². The zero-order valence-electron chi connectivity index (χ0n) is 4.63. The van der Waals surface area contributed by atoms with Crippen LogP contribution in [0.15, 0.2) is 12.2 Å². The van der Waals surface area contributed by atoms with Gasteiger partial charge in [-0.15, -0.1) is 0 Å². The van der Waals surface area contributed by atoms with E-state index in [0.29, 0.717) is 17.6 Å². The Kier molecular flexibility index (Phi) is 0.655. The molecule has 1 nitrogen and oxygen atoms in total. The van der Waals surface area contributed by atoms with E-state index in [9.17, 15) is 4.79 Å². The van der Waals surface area contributed by atoms with E-state index in [4.69, 9.17) is 0 Å². The highest BCUT2D eigenvalue weighted by Gasteiger charge is 2.34. The fourth-order valence-electron chi connectivity index (χ4n) is 1.47. The van der Waals surface area contributed by atoms with Crippen molar-refractivity contribution >= 4 is 5.78 Å². The Morgan fingerprint density at radius 1 is 1.25 bits per heavy atom. The number of carbonyl (C=O) groups excluding carboxylic acids is 1. The van der Waals surface area contributed by atoms with Gasteiger partial charge in [-0.05, 0) is 11.8 Å². The van der Waals surface area contributed by atoms with Crippen LogP contribution in [-0.2, 0) is 4.79 Å². The molecule has 0 heterocycles. The molecule has 2 rings (SSSR count). The molecule has 0 aliphatic heterocycles. The van der Waals surface area contributed by atoms with E-state index >= 15 is 0 Å². The van der Waals surface area contributed by atoms with E-state index in [2.05, 4.69) is 12.2 Å². The van der Waals surface area contributed by atoms with Gasteiger partial charge in [0.2, 0.25) is 0 Å². The molecule has 1 saturated carbocycles. The molecule has 0 spiro atoms. The average molecular weight is 108 g/mol. The van der Waals surface area contributed by atoms with Gasteiger partial charge in [0.05, 0.1) is 0 Å². The van der Waals surface area contributed by atoms with Crippen molar-refractivity contribution in [2.24, 2.45) is 11.8 Å². The number of carbonyl (C=O) groups is 1. The lowest BCUT2D eigenvalue weighted by Crippen LogP contribution is -2.09. The molecule has 1 heteroatoms. The minimum atomic E-state index is 0.449. The van der Waals surface area contributed by atoms with Crippen molar-refractivity contribution in [3.63, 3.8) is 0 Å². The fourth-order valence-corrected chi connectivity index (χ4v) is 1.47. The second-order valence-corrected chi connectivity index (χ2v) is 2.66. The summed E-state index contributed by atoms with van der Waals surface area (Å²) in [6, 6.07) is 0. The molecule has 0 saturated heterocycles. The number of hydrogen-bond acceptors (Lipinski definition) is 1. The van der Waals surface area contributed by atoms with Gasteiger partial charge in [0.25, 0.3) is 0 Å². The molecule has 0 bridgehead atoms. The molecule has 2 unspecified atom stereocenters. The number of rotatable bonds is 0. The topological polar surface area (TPSA) is 17.1 Å². The van der Waals surface area contributed by atoms with E-state index < -0.39 is 0 Å².